The van der Waals surface area contributed by atoms with E-state index in [0.29, 0.717) is 5.56 Å². The lowest BCUT2D eigenvalue weighted by Crippen LogP contribution is -2.35. The minimum Gasteiger partial charge on any atom is -0.389 e. The SMILES string of the molecule is C[C@H](OC[C@H](O)CNC(=O)c1ccc(C#N)cn1)c1ccccc1. The van der Waals surface area contributed by atoms with Gasteiger partial charge in [0, 0.05) is 12.7 Å². The second-order valence-corrected chi connectivity index (χ2v) is 5.29. The highest BCUT2D eigenvalue weighted by Crippen LogP contribution is 2.15. The molecule has 0 spiro atoms. The number of aliphatic hydroxyl groups is 1. The number of hydrogen-bond acceptors (Lipinski definition) is 5. The third-order valence-electron chi connectivity index (χ3n) is 3.43. The molecule has 0 saturated heterocycles. The highest BCUT2D eigenvalue weighted by Gasteiger charge is 2.12. The van der Waals surface area contributed by atoms with E-state index < -0.39 is 12.0 Å². The highest BCUT2D eigenvalue weighted by atomic mass is 16.5. The van der Waals surface area contributed by atoms with Crippen LogP contribution in [0.4, 0.5) is 0 Å². The van der Waals surface area contributed by atoms with Crippen molar-refractivity contribution < 1.29 is 14.6 Å². The van der Waals surface area contributed by atoms with Crippen molar-refractivity contribution in [1.29, 1.82) is 5.26 Å². The molecule has 0 fully saturated rings. The molecule has 24 heavy (non-hydrogen) atoms. The quantitative estimate of drug-likeness (QED) is 0.809. The lowest BCUT2D eigenvalue weighted by molar-refractivity contribution is -0.00173. The Hall–Kier alpha value is -2.75. The highest BCUT2D eigenvalue weighted by molar-refractivity contribution is 5.92. The Bertz CT molecular complexity index is 696. The summed E-state index contributed by atoms with van der Waals surface area (Å²) in [5.74, 6) is -0.408. The van der Waals surface area contributed by atoms with E-state index in [1.54, 1.807) is 0 Å². The first-order valence-electron chi connectivity index (χ1n) is 7.59. The minimum atomic E-state index is -0.821. The van der Waals surface area contributed by atoms with Crippen LogP contribution in [-0.4, -0.2) is 35.3 Å². The average molecular weight is 325 g/mol. The van der Waals surface area contributed by atoms with Gasteiger partial charge in [-0.1, -0.05) is 30.3 Å². The van der Waals surface area contributed by atoms with Crippen molar-refractivity contribution in [1.82, 2.24) is 10.3 Å². The van der Waals surface area contributed by atoms with Crippen molar-refractivity contribution in [2.24, 2.45) is 0 Å². The molecule has 0 unspecified atom stereocenters. The van der Waals surface area contributed by atoms with Crippen LogP contribution in [0.5, 0.6) is 0 Å². The van der Waals surface area contributed by atoms with Crippen molar-refractivity contribution in [2.75, 3.05) is 13.2 Å². The first-order chi connectivity index (χ1) is 11.6. The number of nitrogens with zero attached hydrogens (tertiary/aromatic N) is 2. The molecule has 0 aliphatic rings. The molecule has 1 aromatic heterocycles. The number of amides is 1. The lowest BCUT2D eigenvalue weighted by Gasteiger charge is -2.17. The van der Waals surface area contributed by atoms with Gasteiger partial charge >= 0.3 is 0 Å². The van der Waals surface area contributed by atoms with Crippen LogP contribution in [0.1, 0.15) is 34.6 Å². The smallest absolute Gasteiger partial charge is 0.269 e. The molecule has 0 aliphatic carbocycles. The Labute approximate surface area is 140 Å². The van der Waals surface area contributed by atoms with E-state index in [0.717, 1.165) is 5.56 Å². The third-order valence-corrected chi connectivity index (χ3v) is 3.43. The third kappa shape index (κ3) is 5.16. The number of nitrogens with one attached hydrogen (secondary N) is 1. The molecule has 1 aromatic carbocycles. The van der Waals surface area contributed by atoms with Crippen molar-refractivity contribution in [3.8, 4) is 6.07 Å². The summed E-state index contributed by atoms with van der Waals surface area (Å²) in [4.78, 5) is 15.8. The zero-order chi connectivity index (χ0) is 17.4. The molecule has 0 radical (unpaired) electrons. The van der Waals surface area contributed by atoms with Gasteiger partial charge in [0.2, 0.25) is 0 Å². The Morgan fingerprint density at radius 3 is 2.71 bits per heavy atom. The molecule has 1 heterocycles. The Kier molecular flexibility index (Phi) is 6.43. The summed E-state index contributed by atoms with van der Waals surface area (Å²) in [6.07, 6.45) is 0.367. The number of rotatable bonds is 7. The maximum absolute atomic E-state index is 11.9. The first kappa shape index (κ1) is 17.6. The van der Waals surface area contributed by atoms with Crippen LogP contribution in [0.3, 0.4) is 0 Å². The summed E-state index contributed by atoms with van der Waals surface area (Å²) in [5, 5.41) is 21.2. The fourth-order valence-corrected chi connectivity index (χ4v) is 2.03. The number of benzene rings is 1. The summed E-state index contributed by atoms with van der Waals surface area (Å²) < 4.78 is 5.61. The van der Waals surface area contributed by atoms with Crippen LogP contribution in [-0.2, 0) is 4.74 Å². The van der Waals surface area contributed by atoms with E-state index in [4.69, 9.17) is 10.00 Å². The number of pyridine rings is 1. The molecule has 2 rings (SSSR count). The van der Waals surface area contributed by atoms with Gasteiger partial charge in [-0.05, 0) is 24.6 Å². The molecule has 0 bridgehead atoms. The van der Waals surface area contributed by atoms with Crippen molar-refractivity contribution in [3.63, 3.8) is 0 Å². The minimum absolute atomic E-state index is 0.0576. The summed E-state index contributed by atoms with van der Waals surface area (Å²) in [6.45, 7) is 2.07. The zero-order valence-electron chi connectivity index (χ0n) is 13.3. The molecule has 2 atom stereocenters. The Morgan fingerprint density at radius 1 is 1.33 bits per heavy atom. The number of nitriles is 1. The fraction of sp³-hybridized carbons (Fsp3) is 0.278. The van der Waals surface area contributed by atoms with E-state index >= 15 is 0 Å². The van der Waals surface area contributed by atoms with Gasteiger partial charge in [-0.3, -0.25) is 4.79 Å². The molecule has 6 heteroatoms. The number of aromatic nitrogens is 1. The van der Waals surface area contributed by atoms with E-state index in [1.165, 1.54) is 18.3 Å². The monoisotopic (exact) mass is 325 g/mol. The van der Waals surface area contributed by atoms with Gasteiger partial charge in [-0.2, -0.15) is 5.26 Å². The molecule has 124 valence electrons. The molecule has 2 aromatic rings. The summed E-state index contributed by atoms with van der Waals surface area (Å²) in [7, 11) is 0. The van der Waals surface area contributed by atoms with Gasteiger partial charge < -0.3 is 15.2 Å². The topological polar surface area (TPSA) is 95.2 Å². The second-order valence-electron chi connectivity index (χ2n) is 5.29. The van der Waals surface area contributed by atoms with E-state index in [9.17, 15) is 9.90 Å². The van der Waals surface area contributed by atoms with Gasteiger partial charge in [0.1, 0.15) is 11.8 Å². The van der Waals surface area contributed by atoms with Crippen LogP contribution < -0.4 is 5.32 Å². The summed E-state index contributed by atoms with van der Waals surface area (Å²) in [5.41, 5.74) is 1.60. The lowest BCUT2D eigenvalue weighted by atomic mass is 10.1. The fourth-order valence-electron chi connectivity index (χ4n) is 2.03. The number of carbonyl (C=O) groups is 1. The molecular formula is C18H19N3O3. The first-order valence-corrected chi connectivity index (χ1v) is 7.59. The summed E-state index contributed by atoms with van der Waals surface area (Å²) >= 11 is 0. The normalized spacial score (nSPS) is 12.9. The number of ether oxygens (including phenoxy) is 1. The standard InChI is InChI=1S/C18H19N3O3/c1-13(15-5-3-2-4-6-15)24-12-16(22)11-21-18(23)17-8-7-14(9-19)10-20-17/h2-8,10,13,16,22H,11-12H2,1H3,(H,21,23)/t13-,16+/m0/s1. The maximum Gasteiger partial charge on any atom is 0.269 e. The van der Waals surface area contributed by atoms with Gasteiger partial charge in [-0.25, -0.2) is 4.98 Å². The predicted molar refractivity (Wildman–Crippen MR) is 88.1 cm³/mol. The second kappa shape index (κ2) is 8.77. The molecule has 1 amide bonds. The molecule has 6 nitrogen and oxygen atoms in total. The number of carbonyl (C=O) groups excluding carboxylic acids is 1. The molecule has 0 saturated carbocycles. The average Bonchev–Trinajstić information content (AvgIpc) is 2.64. The van der Waals surface area contributed by atoms with E-state index in [2.05, 4.69) is 10.3 Å². The van der Waals surface area contributed by atoms with Crippen LogP contribution in [0.15, 0.2) is 48.7 Å². The van der Waals surface area contributed by atoms with Crippen molar-refractivity contribution in [2.45, 2.75) is 19.1 Å². The number of aliphatic hydroxyl groups excluding tert-OH is 1. The van der Waals surface area contributed by atoms with Crippen LogP contribution in [0.2, 0.25) is 0 Å². The summed E-state index contributed by atoms with van der Waals surface area (Å²) in [6, 6.07) is 14.6. The van der Waals surface area contributed by atoms with Gasteiger partial charge in [0.05, 0.1) is 24.4 Å². The van der Waals surface area contributed by atoms with Gasteiger partial charge in [-0.15, -0.1) is 0 Å². The van der Waals surface area contributed by atoms with Crippen molar-refractivity contribution in [3.05, 3.63) is 65.5 Å². The Morgan fingerprint density at radius 2 is 2.08 bits per heavy atom. The van der Waals surface area contributed by atoms with Crippen LogP contribution in [0, 0.1) is 11.3 Å². The van der Waals surface area contributed by atoms with Crippen molar-refractivity contribution >= 4 is 5.91 Å². The predicted octanol–water partition coefficient (Wildman–Crippen LogP) is 1.82. The maximum atomic E-state index is 11.9. The number of hydrogen-bond donors (Lipinski definition) is 2. The zero-order valence-corrected chi connectivity index (χ0v) is 13.3. The van der Waals surface area contributed by atoms with Crippen LogP contribution in [0.25, 0.3) is 0 Å². The molecule has 0 aliphatic heterocycles. The molecule has 2 N–H and O–H groups in total. The largest absolute Gasteiger partial charge is 0.389 e. The van der Waals surface area contributed by atoms with E-state index in [-0.39, 0.29) is 24.9 Å². The molecular weight excluding hydrogens is 306 g/mol. The van der Waals surface area contributed by atoms with Gasteiger partial charge in [0.15, 0.2) is 0 Å². The van der Waals surface area contributed by atoms with Gasteiger partial charge in [0.25, 0.3) is 5.91 Å². The van der Waals surface area contributed by atoms with E-state index in [1.807, 2.05) is 43.3 Å². The van der Waals surface area contributed by atoms with Crippen LogP contribution >= 0.6 is 0 Å². The Balaban J connectivity index is 1.75.